The van der Waals surface area contributed by atoms with Crippen molar-refractivity contribution < 1.29 is 9.21 Å². The largest absolute Gasteiger partial charge is 0.445 e. The van der Waals surface area contributed by atoms with Crippen molar-refractivity contribution >= 4 is 34.0 Å². The van der Waals surface area contributed by atoms with Crippen LogP contribution in [0.25, 0.3) is 0 Å². The summed E-state index contributed by atoms with van der Waals surface area (Å²) in [5, 5.41) is 4.00. The third-order valence-electron chi connectivity index (χ3n) is 5.10. The zero-order valence-corrected chi connectivity index (χ0v) is 19.0. The number of carbonyl (C=O) groups excluding carboxylic acids is 1. The first-order valence-corrected chi connectivity index (χ1v) is 12.0. The second-order valence-corrected chi connectivity index (χ2v) is 11.6. The first-order valence-electron chi connectivity index (χ1n) is 10.2. The van der Waals surface area contributed by atoms with Gasteiger partial charge in [0.05, 0.1) is 21.2 Å². The van der Waals surface area contributed by atoms with Crippen LogP contribution in [0.5, 0.6) is 0 Å². The van der Waals surface area contributed by atoms with Crippen molar-refractivity contribution in [3.05, 3.63) is 30.0 Å². The van der Waals surface area contributed by atoms with Crippen LogP contribution in [-0.2, 0) is 17.0 Å². The summed E-state index contributed by atoms with van der Waals surface area (Å²) >= 11 is 3.32. The van der Waals surface area contributed by atoms with Crippen molar-refractivity contribution in [2.45, 2.75) is 76.2 Å². The molecule has 1 aliphatic rings. The molecule has 0 unspecified atom stereocenters. The Balaban J connectivity index is 1.43. The van der Waals surface area contributed by atoms with E-state index in [1.165, 1.54) is 25.7 Å². The average Bonchev–Trinajstić information content (AvgIpc) is 3.23. The molecule has 28 heavy (non-hydrogen) atoms. The molecule has 1 amide bonds. The van der Waals surface area contributed by atoms with Crippen molar-refractivity contribution in [3.8, 4) is 0 Å². The summed E-state index contributed by atoms with van der Waals surface area (Å²) in [6.45, 7) is 8.89. The molecule has 2 heterocycles. The second kappa shape index (κ2) is 9.49. The molecule has 0 saturated heterocycles. The van der Waals surface area contributed by atoms with Gasteiger partial charge in [0, 0.05) is 12.8 Å². The van der Waals surface area contributed by atoms with Crippen molar-refractivity contribution in [2.24, 2.45) is 17.3 Å². The Morgan fingerprint density at radius 3 is 2.75 bits per heavy atom. The molecule has 4 nitrogen and oxygen atoms in total. The first kappa shape index (κ1) is 21.4. The number of thiophene rings is 1. The van der Waals surface area contributed by atoms with Crippen LogP contribution in [0.2, 0.25) is 0 Å². The molecule has 0 radical (unpaired) electrons. The van der Waals surface area contributed by atoms with Gasteiger partial charge in [0.1, 0.15) is 5.76 Å². The van der Waals surface area contributed by atoms with E-state index >= 15 is 0 Å². The van der Waals surface area contributed by atoms with Crippen LogP contribution in [0.3, 0.4) is 0 Å². The molecule has 2 aromatic rings. The summed E-state index contributed by atoms with van der Waals surface area (Å²) in [5.74, 6) is 3.94. The normalized spacial score (nSPS) is 20.3. The van der Waals surface area contributed by atoms with Gasteiger partial charge in [-0.15, -0.1) is 23.1 Å². The van der Waals surface area contributed by atoms with Gasteiger partial charge in [0.25, 0.3) is 0 Å². The number of oxazole rings is 1. The van der Waals surface area contributed by atoms with E-state index in [2.05, 4.69) is 44.1 Å². The van der Waals surface area contributed by atoms with Gasteiger partial charge in [-0.25, -0.2) is 4.98 Å². The Bertz CT molecular complexity index is 768. The van der Waals surface area contributed by atoms with Crippen LogP contribution in [0.4, 0.5) is 5.00 Å². The standard InChI is InChI=1S/C22H32N2O2S2/c1-15-5-7-16(8-6-15)11-18(25)24-20-9-10-21(28-20)27-14-19-23-13-17(26-19)12-22(2,3)4/h9-10,13,15-16H,5-8,11-12,14H2,1-4H3,(H,24,25). The van der Waals surface area contributed by atoms with E-state index in [0.717, 1.165) is 33.2 Å². The molecular weight excluding hydrogens is 388 g/mol. The molecule has 1 fully saturated rings. The van der Waals surface area contributed by atoms with Crippen molar-refractivity contribution in [1.82, 2.24) is 4.98 Å². The maximum Gasteiger partial charge on any atom is 0.225 e. The molecule has 0 aromatic carbocycles. The number of hydrogen-bond donors (Lipinski definition) is 1. The Morgan fingerprint density at radius 1 is 1.29 bits per heavy atom. The molecule has 2 aromatic heterocycles. The molecule has 3 rings (SSSR count). The zero-order valence-electron chi connectivity index (χ0n) is 17.4. The highest BCUT2D eigenvalue weighted by Crippen LogP contribution is 2.34. The van der Waals surface area contributed by atoms with Crippen molar-refractivity contribution in [2.75, 3.05) is 5.32 Å². The van der Waals surface area contributed by atoms with E-state index in [0.29, 0.717) is 18.1 Å². The number of anilines is 1. The molecule has 0 bridgehead atoms. The number of rotatable bonds is 7. The van der Waals surface area contributed by atoms with Crippen LogP contribution in [0.15, 0.2) is 27.0 Å². The number of carbonyl (C=O) groups is 1. The summed E-state index contributed by atoms with van der Waals surface area (Å²) in [6, 6.07) is 4.06. The third kappa shape index (κ3) is 6.96. The van der Waals surface area contributed by atoms with Crippen molar-refractivity contribution in [1.29, 1.82) is 0 Å². The molecular formula is C22H32N2O2S2. The number of aromatic nitrogens is 1. The van der Waals surface area contributed by atoms with E-state index in [1.807, 2.05) is 12.3 Å². The number of amides is 1. The number of nitrogens with one attached hydrogen (secondary N) is 1. The molecule has 6 heteroatoms. The van der Waals surface area contributed by atoms with Gasteiger partial charge < -0.3 is 9.73 Å². The molecule has 0 atom stereocenters. The summed E-state index contributed by atoms with van der Waals surface area (Å²) < 4.78 is 7.01. The van der Waals surface area contributed by atoms with Gasteiger partial charge in [-0.3, -0.25) is 4.79 Å². The number of thioether (sulfide) groups is 1. The van der Waals surface area contributed by atoms with Gasteiger partial charge in [-0.05, 0) is 42.2 Å². The SMILES string of the molecule is CC1CCC(CC(=O)Nc2ccc(SCc3ncc(CC(C)(C)C)o3)s2)CC1. The molecule has 1 N–H and O–H groups in total. The lowest BCUT2D eigenvalue weighted by atomic mass is 9.81. The topological polar surface area (TPSA) is 55.1 Å². The van der Waals surface area contributed by atoms with Crippen LogP contribution >= 0.6 is 23.1 Å². The lowest BCUT2D eigenvalue weighted by molar-refractivity contribution is -0.117. The van der Waals surface area contributed by atoms with Gasteiger partial charge in [0.2, 0.25) is 11.8 Å². The highest BCUT2D eigenvalue weighted by Gasteiger charge is 2.21. The summed E-state index contributed by atoms with van der Waals surface area (Å²) in [5.41, 5.74) is 0.195. The minimum atomic E-state index is 0.150. The monoisotopic (exact) mass is 420 g/mol. The van der Waals surface area contributed by atoms with E-state index in [4.69, 9.17) is 4.42 Å². The Labute approximate surface area is 176 Å². The maximum atomic E-state index is 12.3. The Morgan fingerprint density at radius 2 is 2.04 bits per heavy atom. The fourth-order valence-electron chi connectivity index (χ4n) is 3.60. The van der Waals surface area contributed by atoms with Gasteiger partial charge in [0.15, 0.2) is 0 Å². The third-order valence-corrected chi connectivity index (χ3v) is 7.31. The van der Waals surface area contributed by atoms with Crippen LogP contribution in [0, 0.1) is 17.3 Å². The molecule has 0 aliphatic heterocycles. The fourth-order valence-corrected chi connectivity index (χ4v) is 5.50. The second-order valence-electron chi connectivity index (χ2n) is 9.24. The average molecular weight is 421 g/mol. The predicted molar refractivity (Wildman–Crippen MR) is 118 cm³/mol. The highest BCUT2D eigenvalue weighted by atomic mass is 32.2. The number of nitrogens with zero attached hydrogens (tertiary/aromatic N) is 1. The smallest absolute Gasteiger partial charge is 0.225 e. The Hall–Kier alpha value is -1.27. The highest BCUT2D eigenvalue weighted by molar-refractivity contribution is 8.00. The van der Waals surface area contributed by atoms with Crippen LogP contribution < -0.4 is 5.32 Å². The summed E-state index contributed by atoms with van der Waals surface area (Å²) in [7, 11) is 0. The lowest BCUT2D eigenvalue weighted by Gasteiger charge is -2.25. The quantitative estimate of drug-likeness (QED) is 0.502. The van der Waals surface area contributed by atoms with Gasteiger partial charge in [-0.1, -0.05) is 40.5 Å². The molecule has 1 aliphatic carbocycles. The maximum absolute atomic E-state index is 12.3. The summed E-state index contributed by atoms with van der Waals surface area (Å²) in [6.07, 6.45) is 8.28. The number of hydrogen-bond acceptors (Lipinski definition) is 5. The minimum Gasteiger partial charge on any atom is -0.445 e. The van der Waals surface area contributed by atoms with Gasteiger partial charge >= 0.3 is 0 Å². The molecule has 1 saturated carbocycles. The minimum absolute atomic E-state index is 0.150. The first-order chi connectivity index (χ1) is 13.3. The predicted octanol–water partition coefficient (Wildman–Crippen LogP) is 6.77. The van der Waals surface area contributed by atoms with Crippen LogP contribution in [-0.4, -0.2) is 10.9 Å². The van der Waals surface area contributed by atoms with E-state index in [1.54, 1.807) is 23.1 Å². The van der Waals surface area contributed by atoms with E-state index < -0.39 is 0 Å². The van der Waals surface area contributed by atoms with E-state index in [-0.39, 0.29) is 11.3 Å². The molecule has 0 spiro atoms. The zero-order chi connectivity index (χ0) is 20.1. The van der Waals surface area contributed by atoms with Crippen LogP contribution in [0.1, 0.15) is 71.5 Å². The summed E-state index contributed by atoms with van der Waals surface area (Å²) in [4.78, 5) is 16.7. The van der Waals surface area contributed by atoms with E-state index in [9.17, 15) is 4.79 Å². The fraction of sp³-hybridized carbons (Fsp3) is 0.636. The molecule has 154 valence electrons. The van der Waals surface area contributed by atoms with Crippen molar-refractivity contribution in [3.63, 3.8) is 0 Å². The van der Waals surface area contributed by atoms with Gasteiger partial charge in [-0.2, -0.15) is 0 Å². The lowest BCUT2D eigenvalue weighted by Crippen LogP contribution is -2.19. The Kier molecular flexibility index (Phi) is 7.26.